The van der Waals surface area contributed by atoms with Gasteiger partial charge in [0, 0.05) is 6.20 Å². The van der Waals surface area contributed by atoms with Crippen molar-refractivity contribution < 1.29 is 4.74 Å². The first-order valence-electron chi connectivity index (χ1n) is 5.47. The Labute approximate surface area is 91.9 Å². The second kappa shape index (κ2) is 6.40. The van der Waals surface area contributed by atoms with Crippen LogP contribution in [0.3, 0.4) is 0 Å². The van der Waals surface area contributed by atoms with E-state index in [2.05, 4.69) is 17.2 Å². The van der Waals surface area contributed by atoms with Crippen LogP contribution in [0.5, 0.6) is 5.75 Å². The van der Waals surface area contributed by atoms with Gasteiger partial charge >= 0.3 is 0 Å². The van der Waals surface area contributed by atoms with Crippen LogP contribution in [-0.4, -0.2) is 24.7 Å². The molecule has 1 heterocycles. The summed E-state index contributed by atoms with van der Waals surface area (Å²) < 4.78 is 5.80. The number of ether oxygens (including phenoxy) is 1. The molecule has 0 fully saturated rings. The summed E-state index contributed by atoms with van der Waals surface area (Å²) in [5.41, 5.74) is 0.956. The van der Waals surface area contributed by atoms with Gasteiger partial charge in [0.25, 0.3) is 0 Å². The van der Waals surface area contributed by atoms with Gasteiger partial charge in [0.2, 0.25) is 0 Å². The molecule has 0 radical (unpaired) electrons. The van der Waals surface area contributed by atoms with Crippen LogP contribution >= 0.6 is 0 Å². The van der Waals surface area contributed by atoms with E-state index in [9.17, 15) is 0 Å². The molecule has 0 aliphatic rings. The van der Waals surface area contributed by atoms with E-state index < -0.39 is 0 Å². The standard InChI is InChI=1S/C12H20N2O/c1-10(6-4-8-13-3)15-12-7-5-9-14-11(12)2/h5,7,9-10,13H,4,6,8H2,1-3H3. The van der Waals surface area contributed by atoms with Crippen LogP contribution in [0.25, 0.3) is 0 Å². The van der Waals surface area contributed by atoms with E-state index in [0.717, 1.165) is 30.8 Å². The molecule has 15 heavy (non-hydrogen) atoms. The highest BCUT2D eigenvalue weighted by Gasteiger charge is 2.05. The Hall–Kier alpha value is -1.09. The summed E-state index contributed by atoms with van der Waals surface area (Å²) in [6, 6.07) is 3.87. The average molecular weight is 208 g/mol. The highest BCUT2D eigenvalue weighted by Crippen LogP contribution is 2.16. The zero-order chi connectivity index (χ0) is 11.1. The van der Waals surface area contributed by atoms with Crippen molar-refractivity contribution in [1.82, 2.24) is 10.3 Å². The largest absolute Gasteiger partial charge is 0.489 e. The molecule has 0 aliphatic heterocycles. The molecule has 0 amide bonds. The van der Waals surface area contributed by atoms with E-state index >= 15 is 0 Å². The smallest absolute Gasteiger partial charge is 0.140 e. The molecular formula is C12H20N2O. The molecule has 84 valence electrons. The Morgan fingerprint density at radius 1 is 1.53 bits per heavy atom. The minimum atomic E-state index is 0.251. The second-order valence-corrected chi connectivity index (χ2v) is 3.76. The Bertz CT molecular complexity index is 289. The van der Waals surface area contributed by atoms with Gasteiger partial charge < -0.3 is 10.1 Å². The SMILES string of the molecule is CNCCCC(C)Oc1cccnc1C. The van der Waals surface area contributed by atoms with Gasteiger partial charge in [0.1, 0.15) is 5.75 Å². The highest BCUT2D eigenvalue weighted by atomic mass is 16.5. The number of pyridine rings is 1. The van der Waals surface area contributed by atoms with Crippen molar-refractivity contribution in [3.8, 4) is 5.75 Å². The van der Waals surface area contributed by atoms with Gasteiger partial charge in [-0.1, -0.05) is 0 Å². The van der Waals surface area contributed by atoms with E-state index in [0.29, 0.717) is 0 Å². The fourth-order valence-corrected chi connectivity index (χ4v) is 1.44. The Kier molecular flexibility index (Phi) is 5.12. The van der Waals surface area contributed by atoms with Crippen molar-refractivity contribution in [2.45, 2.75) is 32.8 Å². The highest BCUT2D eigenvalue weighted by molar-refractivity contribution is 5.25. The number of nitrogens with one attached hydrogen (secondary N) is 1. The summed E-state index contributed by atoms with van der Waals surface area (Å²) in [5.74, 6) is 0.898. The van der Waals surface area contributed by atoms with Gasteiger partial charge in [-0.05, 0) is 52.4 Å². The number of hydrogen-bond acceptors (Lipinski definition) is 3. The quantitative estimate of drug-likeness (QED) is 0.727. The van der Waals surface area contributed by atoms with E-state index in [1.165, 1.54) is 0 Å². The van der Waals surface area contributed by atoms with Crippen molar-refractivity contribution in [2.75, 3.05) is 13.6 Å². The normalized spacial score (nSPS) is 12.5. The molecule has 1 N–H and O–H groups in total. The van der Waals surface area contributed by atoms with Gasteiger partial charge in [-0.25, -0.2) is 0 Å². The fourth-order valence-electron chi connectivity index (χ4n) is 1.44. The van der Waals surface area contributed by atoms with Crippen LogP contribution in [0, 0.1) is 6.92 Å². The molecule has 3 heteroatoms. The molecule has 0 spiro atoms. The molecule has 1 rings (SSSR count). The van der Waals surface area contributed by atoms with Crippen LogP contribution in [-0.2, 0) is 0 Å². The third-order valence-corrected chi connectivity index (χ3v) is 2.32. The van der Waals surface area contributed by atoms with E-state index in [1.54, 1.807) is 6.20 Å². The minimum Gasteiger partial charge on any atom is -0.489 e. The maximum Gasteiger partial charge on any atom is 0.140 e. The predicted octanol–water partition coefficient (Wildman–Crippen LogP) is 2.16. The van der Waals surface area contributed by atoms with Crippen LogP contribution in [0.1, 0.15) is 25.5 Å². The molecule has 1 aromatic heterocycles. The lowest BCUT2D eigenvalue weighted by molar-refractivity contribution is 0.205. The van der Waals surface area contributed by atoms with Crippen LogP contribution in [0.4, 0.5) is 0 Å². The molecule has 1 aromatic rings. The Balaban J connectivity index is 2.37. The zero-order valence-corrected chi connectivity index (χ0v) is 9.79. The number of nitrogens with zero attached hydrogens (tertiary/aromatic N) is 1. The summed E-state index contributed by atoms with van der Waals surface area (Å²) in [7, 11) is 1.97. The number of rotatable bonds is 6. The Morgan fingerprint density at radius 2 is 2.33 bits per heavy atom. The van der Waals surface area contributed by atoms with Crippen molar-refractivity contribution >= 4 is 0 Å². The second-order valence-electron chi connectivity index (χ2n) is 3.76. The molecular weight excluding hydrogens is 188 g/mol. The predicted molar refractivity (Wildman–Crippen MR) is 62.2 cm³/mol. The first-order valence-corrected chi connectivity index (χ1v) is 5.47. The van der Waals surface area contributed by atoms with Gasteiger partial charge in [0.05, 0.1) is 11.8 Å². The number of aromatic nitrogens is 1. The summed E-state index contributed by atoms with van der Waals surface area (Å²) in [4.78, 5) is 4.19. The number of hydrogen-bond donors (Lipinski definition) is 1. The van der Waals surface area contributed by atoms with Crippen molar-refractivity contribution in [3.63, 3.8) is 0 Å². The Morgan fingerprint density at radius 3 is 3.00 bits per heavy atom. The average Bonchev–Trinajstić information content (AvgIpc) is 2.22. The molecule has 1 unspecified atom stereocenters. The first-order chi connectivity index (χ1) is 7.24. The lowest BCUT2D eigenvalue weighted by Gasteiger charge is -2.15. The van der Waals surface area contributed by atoms with Gasteiger partial charge in [-0.3, -0.25) is 4.98 Å². The van der Waals surface area contributed by atoms with E-state index in [-0.39, 0.29) is 6.10 Å². The van der Waals surface area contributed by atoms with Gasteiger partial charge in [-0.15, -0.1) is 0 Å². The molecule has 0 aromatic carbocycles. The van der Waals surface area contributed by atoms with Crippen LogP contribution < -0.4 is 10.1 Å². The molecule has 1 atom stereocenters. The third kappa shape index (κ3) is 4.30. The van der Waals surface area contributed by atoms with Crippen LogP contribution in [0.2, 0.25) is 0 Å². The lowest BCUT2D eigenvalue weighted by atomic mass is 10.2. The fraction of sp³-hybridized carbons (Fsp3) is 0.583. The van der Waals surface area contributed by atoms with E-state index in [4.69, 9.17) is 4.74 Å². The molecule has 0 saturated carbocycles. The molecule has 3 nitrogen and oxygen atoms in total. The minimum absolute atomic E-state index is 0.251. The maximum atomic E-state index is 5.80. The molecule has 0 saturated heterocycles. The number of aryl methyl sites for hydroxylation is 1. The monoisotopic (exact) mass is 208 g/mol. The summed E-state index contributed by atoms with van der Waals surface area (Å²) in [6.07, 6.45) is 4.24. The van der Waals surface area contributed by atoms with Crippen molar-refractivity contribution in [2.24, 2.45) is 0 Å². The topological polar surface area (TPSA) is 34.1 Å². The summed E-state index contributed by atoms with van der Waals surface area (Å²) in [5, 5.41) is 3.13. The van der Waals surface area contributed by atoms with E-state index in [1.807, 2.05) is 26.1 Å². The molecule has 0 bridgehead atoms. The summed E-state index contributed by atoms with van der Waals surface area (Å²) >= 11 is 0. The lowest BCUT2D eigenvalue weighted by Crippen LogP contribution is -2.16. The van der Waals surface area contributed by atoms with Crippen LogP contribution in [0.15, 0.2) is 18.3 Å². The van der Waals surface area contributed by atoms with Gasteiger partial charge in [0.15, 0.2) is 0 Å². The van der Waals surface area contributed by atoms with Crippen molar-refractivity contribution in [1.29, 1.82) is 0 Å². The maximum absolute atomic E-state index is 5.80. The summed E-state index contributed by atoms with van der Waals surface area (Å²) in [6.45, 7) is 5.11. The first kappa shape index (κ1) is 12.0. The van der Waals surface area contributed by atoms with Gasteiger partial charge in [-0.2, -0.15) is 0 Å². The zero-order valence-electron chi connectivity index (χ0n) is 9.79. The third-order valence-electron chi connectivity index (χ3n) is 2.32. The van der Waals surface area contributed by atoms with Crippen molar-refractivity contribution in [3.05, 3.63) is 24.0 Å². The molecule has 0 aliphatic carbocycles.